The Labute approximate surface area is 205 Å². The molecular weight excluding hydrogens is 424 g/mol. The molecule has 1 N–H and O–H groups in total. The van der Waals surface area contributed by atoms with Crippen molar-refractivity contribution in [3.05, 3.63) is 11.6 Å². The van der Waals surface area contributed by atoms with Gasteiger partial charge >= 0.3 is 5.97 Å². The summed E-state index contributed by atoms with van der Waals surface area (Å²) < 4.78 is 0. The van der Waals surface area contributed by atoms with Crippen molar-refractivity contribution in [2.45, 2.75) is 106 Å². The van der Waals surface area contributed by atoms with Gasteiger partial charge in [-0.2, -0.15) is 0 Å². The number of allylic oxidation sites excluding steroid dienone is 1. The van der Waals surface area contributed by atoms with Crippen LogP contribution in [0, 0.1) is 50.7 Å². The Morgan fingerprint density at radius 2 is 1.62 bits per heavy atom. The lowest BCUT2D eigenvalue weighted by Crippen LogP contribution is -2.57. The Morgan fingerprint density at radius 1 is 0.971 bits per heavy atom. The second-order valence-electron chi connectivity index (χ2n) is 14.1. The fourth-order valence-electron chi connectivity index (χ4n) is 10.9. The molecule has 5 aliphatic carbocycles. The Morgan fingerprint density at radius 3 is 2.29 bits per heavy atom. The van der Waals surface area contributed by atoms with Gasteiger partial charge in [0.1, 0.15) is 5.78 Å². The van der Waals surface area contributed by atoms with Gasteiger partial charge in [-0.1, -0.05) is 34.6 Å². The topological polar surface area (TPSA) is 71.4 Å². The van der Waals surface area contributed by atoms with Crippen LogP contribution in [-0.4, -0.2) is 22.6 Å². The molecule has 4 heteroatoms. The number of carboxylic acid groups (broad SMARTS) is 1. The van der Waals surface area contributed by atoms with Crippen LogP contribution >= 0.6 is 0 Å². The fraction of sp³-hybridized carbons (Fsp3) is 0.833. The van der Waals surface area contributed by atoms with E-state index in [1.54, 1.807) is 0 Å². The molecule has 34 heavy (non-hydrogen) atoms. The van der Waals surface area contributed by atoms with Crippen molar-refractivity contribution in [3.8, 4) is 0 Å². The summed E-state index contributed by atoms with van der Waals surface area (Å²) in [4.78, 5) is 36.6. The van der Waals surface area contributed by atoms with Gasteiger partial charge in [-0.3, -0.25) is 9.59 Å². The number of aliphatic carboxylic acids is 1. The molecule has 5 saturated carbocycles. The second kappa shape index (κ2) is 7.29. The van der Waals surface area contributed by atoms with Crippen molar-refractivity contribution in [3.63, 3.8) is 0 Å². The van der Waals surface area contributed by atoms with E-state index in [9.17, 15) is 14.4 Å². The number of fused-ring (bicyclic) bond motifs is 2. The third-order valence-corrected chi connectivity index (χ3v) is 12.8. The Hall–Kier alpha value is -1.45. The maximum absolute atomic E-state index is 12.8. The summed E-state index contributed by atoms with van der Waals surface area (Å²) in [6.07, 6.45) is 12.4. The molecule has 0 aliphatic heterocycles. The van der Waals surface area contributed by atoms with Gasteiger partial charge in [-0.25, -0.2) is 4.79 Å². The summed E-state index contributed by atoms with van der Waals surface area (Å²) in [5, 5.41) is 9.13. The van der Waals surface area contributed by atoms with Crippen LogP contribution in [0.25, 0.3) is 0 Å². The molecule has 5 aliphatic rings. The number of carboxylic acids is 1. The average molecular weight is 469 g/mol. The van der Waals surface area contributed by atoms with Gasteiger partial charge in [0.05, 0.1) is 0 Å². The van der Waals surface area contributed by atoms with Crippen molar-refractivity contribution in [2.24, 2.45) is 50.7 Å². The van der Waals surface area contributed by atoms with Crippen molar-refractivity contribution in [1.29, 1.82) is 0 Å². The van der Waals surface area contributed by atoms with Gasteiger partial charge in [0.2, 0.25) is 0 Å². The quantitative estimate of drug-likeness (QED) is 0.460. The summed E-state index contributed by atoms with van der Waals surface area (Å²) >= 11 is 0. The highest BCUT2D eigenvalue weighted by Gasteiger charge is 2.82. The van der Waals surface area contributed by atoms with Gasteiger partial charge in [0.15, 0.2) is 5.78 Å². The molecule has 4 nitrogen and oxygen atoms in total. The first kappa shape index (κ1) is 24.3. The van der Waals surface area contributed by atoms with Crippen LogP contribution in [0.2, 0.25) is 0 Å². The summed E-state index contributed by atoms with van der Waals surface area (Å²) in [5.41, 5.74) is 1.32. The van der Waals surface area contributed by atoms with Crippen LogP contribution in [0.1, 0.15) is 106 Å². The Balaban J connectivity index is 1.39. The highest BCUT2D eigenvalue weighted by Crippen LogP contribution is 2.88. The molecule has 0 bridgehead atoms. The third kappa shape index (κ3) is 2.86. The molecule has 1 unspecified atom stereocenters. The van der Waals surface area contributed by atoms with E-state index < -0.39 is 5.97 Å². The van der Waals surface area contributed by atoms with Crippen molar-refractivity contribution in [1.82, 2.24) is 0 Å². The molecule has 2 spiro atoms. The van der Waals surface area contributed by atoms with E-state index in [2.05, 4.69) is 34.6 Å². The highest BCUT2D eigenvalue weighted by molar-refractivity contribution is 5.98. The van der Waals surface area contributed by atoms with Crippen LogP contribution in [-0.2, 0) is 14.4 Å². The monoisotopic (exact) mass is 468 g/mol. The summed E-state index contributed by atoms with van der Waals surface area (Å²) in [5.74, 6) is 1.50. The molecule has 0 aromatic heterocycles. The normalized spacial score (nSPS) is 47.6. The lowest BCUT2D eigenvalue weighted by molar-refractivity contribution is -0.157. The zero-order valence-electron chi connectivity index (χ0n) is 22.1. The van der Waals surface area contributed by atoms with Gasteiger partial charge in [0, 0.05) is 23.8 Å². The first-order valence-electron chi connectivity index (χ1n) is 13.7. The molecule has 0 aromatic carbocycles. The largest absolute Gasteiger partial charge is 0.478 e. The van der Waals surface area contributed by atoms with Crippen LogP contribution in [0.4, 0.5) is 0 Å². The highest BCUT2D eigenvalue weighted by atomic mass is 16.4. The zero-order chi connectivity index (χ0) is 24.9. The van der Waals surface area contributed by atoms with E-state index in [0.717, 1.165) is 18.8 Å². The number of hydrogen-bond donors (Lipinski definition) is 1. The van der Waals surface area contributed by atoms with Crippen molar-refractivity contribution >= 4 is 17.5 Å². The number of ketones is 2. The molecule has 0 saturated heterocycles. The van der Waals surface area contributed by atoms with E-state index in [0.29, 0.717) is 40.3 Å². The molecule has 5 rings (SSSR count). The summed E-state index contributed by atoms with van der Waals surface area (Å²) in [7, 11) is 0. The first-order chi connectivity index (χ1) is 15.8. The molecule has 188 valence electrons. The van der Waals surface area contributed by atoms with E-state index in [1.165, 1.54) is 57.9 Å². The third-order valence-electron chi connectivity index (χ3n) is 12.8. The first-order valence-corrected chi connectivity index (χ1v) is 13.7. The van der Waals surface area contributed by atoms with Gasteiger partial charge < -0.3 is 5.11 Å². The number of carbonyl (C=O) groups excluding carboxylic acids is 2. The van der Waals surface area contributed by atoms with Crippen LogP contribution in [0.5, 0.6) is 0 Å². The SMILES string of the molecule is C/C(=C\C(=O)C[C@@H](C)[C@H]1CC[C@@]2(C)[C@@H]3CC[C@H]4C(C)(C)C(=O)CC[C@@]45CC35CC[C@]12C)C(=O)O. The maximum atomic E-state index is 12.8. The van der Waals surface area contributed by atoms with E-state index >= 15 is 0 Å². The van der Waals surface area contributed by atoms with E-state index in [-0.39, 0.29) is 28.1 Å². The number of rotatable bonds is 5. The predicted molar refractivity (Wildman–Crippen MR) is 132 cm³/mol. The van der Waals surface area contributed by atoms with Crippen molar-refractivity contribution < 1.29 is 19.5 Å². The van der Waals surface area contributed by atoms with Crippen LogP contribution in [0.15, 0.2) is 11.6 Å². The van der Waals surface area contributed by atoms with Crippen LogP contribution < -0.4 is 0 Å². The summed E-state index contributed by atoms with van der Waals surface area (Å²) in [6.45, 7) is 13.3. The Bertz CT molecular complexity index is 976. The predicted octanol–water partition coefficient (Wildman–Crippen LogP) is 6.62. The molecule has 0 radical (unpaired) electrons. The van der Waals surface area contributed by atoms with E-state index in [4.69, 9.17) is 5.11 Å². The van der Waals surface area contributed by atoms with Crippen LogP contribution in [0.3, 0.4) is 0 Å². The maximum Gasteiger partial charge on any atom is 0.331 e. The molecule has 8 atom stereocenters. The second-order valence-corrected chi connectivity index (χ2v) is 14.1. The number of hydrogen-bond acceptors (Lipinski definition) is 3. The minimum absolute atomic E-state index is 0.0485. The minimum atomic E-state index is -1.01. The van der Waals surface area contributed by atoms with Gasteiger partial charge in [-0.15, -0.1) is 0 Å². The standard InChI is InChI=1S/C30H44O4/c1-18(15-20(31)16-19(2)25(33)34)21-9-11-28(6)23-8-7-22-26(3,4)24(32)10-12-29(22)17-30(23,29)14-13-27(21,28)5/h16,18,21-23H,7-15,17H2,1-6H3,(H,33,34)/b19-16+/t18-,21-,22+,23+,27-,28+,29-,30?/m1/s1. The minimum Gasteiger partial charge on any atom is -0.478 e. The summed E-state index contributed by atoms with van der Waals surface area (Å²) in [6, 6.07) is 0. The molecule has 0 aromatic rings. The van der Waals surface area contributed by atoms with Crippen molar-refractivity contribution in [2.75, 3.05) is 0 Å². The van der Waals surface area contributed by atoms with Gasteiger partial charge in [-0.05, 0) is 110 Å². The molecule has 0 amide bonds. The smallest absolute Gasteiger partial charge is 0.331 e. The Kier molecular flexibility index (Phi) is 5.20. The molecule has 0 heterocycles. The number of carbonyl (C=O) groups is 3. The van der Waals surface area contributed by atoms with E-state index in [1.807, 2.05) is 0 Å². The molecular formula is C30H44O4. The lowest BCUT2D eigenvalue weighted by Gasteiger charge is -2.62. The zero-order valence-corrected chi connectivity index (χ0v) is 22.1. The fourth-order valence-corrected chi connectivity index (χ4v) is 10.9. The lowest BCUT2D eigenvalue weighted by atomic mass is 9.42. The number of Topliss-reactive ketones (excluding diaryl/α,β-unsaturated/α-hetero) is 1. The van der Waals surface area contributed by atoms with Gasteiger partial charge in [0.25, 0.3) is 0 Å². The average Bonchev–Trinajstić information content (AvgIpc) is 3.33. The molecule has 5 fully saturated rings.